The maximum Gasteiger partial charge on any atom is 0.236 e. The first-order valence-corrected chi connectivity index (χ1v) is 7.54. The molecule has 1 N–H and O–H groups in total. The lowest BCUT2D eigenvalue weighted by atomic mass is 9.94. The van der Waals surface area contributed by atoms with Crippen LogP contribution in [0.15, 0.2) is 0 Å². The van der Waals surface area contributed by atoms with E-state index in [4.69, 9.17) is 0 Å². The average molecular weight is 270 g/mol. The molecule has 0 aliphatic heterocycles. The van der Waals surface area contributed by atoms with Crippen molar-refractivity contribution >= 4 is 5.91 Å². The molecule has 0 spiro atoms. The summed E-state index contributed by atoms with van der Waals surface area (Å²) in [5.74, 6) is 0.193. The Morgan fingerprint density at radius 3 is 2.32 bits per heavy atom. The van der Waals surface area contributed by atoms with E-state index in [1.54, 1.807) is 0 Å². The van der Waals surface area contributed by atoms with Crippen LogP contribution in [0.1, 0.15) is 52.9 Å². The van der Waals surface area contributed by atoms with Crippen molar-refractivity contribution in [1.82, 2.24) is 9.80 Å². The van der Waals surface area contributed by atoms with Gasteiger partial charge in [0.05, 0.1) is 13.2 Å². The van der Waals surface area contributed by atoms with Gasteiger partial charge in [-0.05, 0) is 40.7 Å². The van der Waals surface area contributed by atoms with Crippen molar-refractivity contribution < 1.29 is 9.90 Å². The predicted molar refractivity (Wildman–Crippen MR) is 78.1 cm³/mol. The van der Waals surface area contributed by atoms with Crippen LogP contribution in [0.25, 0.3) is 0 Å². The Bertz CT molecular complexity index is 286. The monoisotopic (exact) mass is 270 g/mol. The Hall–Kier alpha value is -0.610. The number of carbonyl (C=O) groups excluding carboxylic acids is 1. The number of hydrogen-bond acceptors (Lipinski definition) is 3. The van der Waals surface area contributed by atoms with E-state index in [2.05, 4.69) is 6.92 Å². The summed E-state index contributed by atoms with van der Waals surface area (Å²) in [5, 5.41) is 9.36. The number of nitrogens with zero attached hydrogens (tertiary/aromatic N) is 2. The molecule has 0 radical (unpaired) electrons. The quantitative estimate of drug-likeness (QED) is 0.801. The van der Waals surface area contributed by atoms with E-state index in [9.17, 15) is 9.90 Å². The molecule has 0 bridgehead atoms. The van der Waals surface area contributed by atoms with E-state index in [0.717, 1.165) is 19.4 Å². The van der Waals surface area contributed by atoms with Gasteiger partial charge >= 0.3 is 0 Å². The summed E-state index contributed by atoms with van der Waals surface area (Å²) in [7, 11) is 1.91. The summed E-state index contributed by atoms with van der Waals surface area (Å²) in [6, 6.07) is 0.428. The topological polar surface area (TPSA) is 43.8 Å². The van der Waals surface area contributed by atoms with Crippen LogP contribution in [0.2, 0.25) is 0 Å². The maximum absolute atomic E-state index is 12.4. The zero-order chi connectivity index (χ0) is 14.5. The molecule has 0 saturated heterocycles. The smallest absolute Gasteiger partial charge is 0.236 e. The molecule has 19 heavy (non-hydrogen) atoms. The molecule has 4 nitrogen and oxygen atoms in total. The molecule has 0 aromatic carbocycles. The second-order valence-electron chi connectivity index (χ2n) is 6.30. The van der Waals surface area contributed by atoms with Gasteiger partial charge in [0.25, 0.3) is 0 Å². The molecule has 0 heterocycles. The molecule has 1 fully saturated rings. The highest BCUT2D eigenvalue weighted by molar-refractivity contribution is 5.78. The normalized spacial score (nSPS) is 17.8. The third kappa shape index (κ3) is 4.46. The highest BCUT2D eigenvalue weighted by atomic mass is 16.3. The molecule has 0 unspecified atom stereocenters. The van der Waals surface area contributed by atoms with E-state index in [1.165, 1.54) is 19.3 Å². The van der Waals surface area contributed by atoms with E-state index in [1.807, 2.05) is 30.7 Å². The summed E-state index contributed by atoms with van der Waals surface area (Å²) in [4.78, 5) is 16.4. The summed E-state index contributed by atoms with van der Waals surface area (Å²) in [5.41, 5.74) is -0.346. The average Bonchev–Trinajstić information content (AvgIpc) is 2.40. The first-order chi connectivity index (χ1) is 8.92. The third-order valence-corrected chi connectivity index (χ3v) is 4.47. The number of carbonyl (C=O) groups is 1. The van der Waals surface area contributed by atoms with Crippen molar-refractivity contribution in [2.45, 2.75) is 64.5 Å². The van der Waals surface area contributed by atoms with Gasteiger partial charge in [0.15, 0.2) is 0 Å². The molecule has 1 amide bonds. The molecule has 0 atom stereocenters. The molecule has 4 heteroatoms. The maximum atomic E-state index is 12.4. The first kappa shape index (κ1) is 16.4. The minimum absolute atomic E-state index is 0.0618. The van der Waals surface area contributed by atoms with Crippen molar-refractivity contribution in [2.24, 2.45) is 0 Å². The fraction of sp³-hybridized carbons (Fsp3) is 0.933. The molecule has 112 valence electrons. The number of hydrogen-bond donors (Lipinski definition) is 1. The fourth-order valence-corrected chi connectivity index (χ4v) is 2.66. The van der Waals surface area contributed by atoms with E-state index >= 15 is 0 Å². The Morgan fingerprint density at radius 1 is 1.26 bits per heavy atom. The first-order valence-electron chi connectivity index (χ1n) is 7.54. The van der Waals surface area contributed by atoms with Crippen LogP contribution in [0.4, 0.5) is 0 Å². The fourth-order valence-electron chi connectivity index (χ4n) is 2.66. The van der Waals surface area contributed by atoms with Crippen molar-refractivity contribution in [1.29, 1.82) is 0 Å². The minimum Gasteiger partial charge on any atom is -0.394 e. The van der Waals surface area contributed by atoms with Gasteiger partial charge < -0.3 is 10.0 Å². The number of amides is 1. The Kier molecular flexibility index (Phi) is 6.27. The number of likely N-dealkylation sites (N-methyl/N-ethyl adjacent to an activating group) is 2. The third-order valence-electron chi connectivity index (χ3n) is 4.47. The van der Waals surface area contributed by atoms with Crippen LogP contribution in [-0.4, -0.2) is 59.1 Å². The Morgan fingerprint density at radius 2 is 1.84 bits per heavy atom. The predicted octanol–water partition coefficient (Wildman–Crippen LogP) is 1.87. The highest BCUT2D eigenvalue weighted by Gasteiger charge is 2.29. The summed E-state index contributed by atoms with van der Waals surface area (Å²) in [6.45, 7) is 7.21. The number of aliphatic hydroxyl groups is 1. The van der Waals surface area contributed by atoms with Gasteiger partial charge in [-0.1, -0.05) is 19.3 Å². The lowest BCUT2D eigenvalue weighted by Gasteiger charge is -2.38. The van der Waals surface area contributed by atoms with Crippen LogP contribution in [-0.2, 0) is 4.79 Å². The number of aliphatic hydroxyl groups excluding tert-OH is 1. The molecule has 0 aromatic heterocycles. The van der Waals surface area contributed by atoms with Gasteiger partial charge in [-0.2, -0.15) is 0 Å². The van der Waals surface area contributed by atoms with Gasteiger partial charge in [-0.25, -0.2) is 0 Å². The van der Waals surface area contributed by atoms with E-state index in [0.29, 0.717) is 12.6 Å². The molecular weight excluding hydrogens is 240 g/mol. The molecular formula is C15H30N2O2. The van der Waals surface area contributed by atoms with Crippen molar-refractivity contribution in [3.8, 4) is 0 Å². The highest BCUT2D eigenvalue weighted by Crippen LogP contribution is 2.23. The van der Waals surface area contributed by atoms with Gasteiger partial charge in [0.1, 0.15) is 0 Å². The lowest BCUT2D eigenvalue weighted by Crippen LogP contribution is -2.51. The Balaban J connectivity index is 2.58. The molecule has 1 saturated carbocycles. The van der Waals surface area contributed by atoms with E-state index in [-0.39, 0.29) is 18.1 Å². The number of rotatable bonds is 6. The largest absolute Gasteiger partial charge is 0.394 e. The molecule has 1 rings (SSSR count). The SMILES string of the molecule is CCN(C(=O)CN(C)C(C)(C)CO)C1CCCCC1. The van der Waals surface area contributed by atoms with E-state index < -0.39 is 0 Å². The molecule has 1 aliphatic rings. The zero-order valence-corrected chi connectivity index (χ0v) is 13.0. The van der Waals surface area contributed by atoms with Crippen LogP contribution < -0.4 is 0 Å². The second kappa shape index (κ2) is 7.25. The van der Waals surface area contributed by atoms with Crippen LogP contribution in [0.3, 0.4) is 0 Å². The zero-order valence-electron chi connectivity index (χ0n) is 13.0. The van der Waals surface area contributed by atoms with Gasteiger partial charge in [-0.15, -0.1) is 0 Å². The van der Waals surface area contributed by atoms with Gasteiger partial charge in [-0.3, -0.25) is 9.69 Å². The summed E-state index contributed by atoms with van der Waals surface area (Å²) in [6.07, 6.45) is 6.08. The second-order valence-corrected chi connectivity index (χ2v) is 6.30. The Labute approximate surface area is 117 Å². The summed E-state index contributed by atoms with van der Waals surface area (Å²) < 4.78 is 0. The molecule has 0 aromatic rings. The van der Waals surface area contributed by atoms with Crippen molar-refractivity contribution in [3.63, 3.8) is 0 Å². The lowest BCUT2D eigenvalue weighted by molar-refractivity contribution is -0.136. The van der Waals surface area contributed by atoms with Gasteiger partial charge in [0.2, 0.25) is 5.91 Å². The van der Waals surface area contributed by atoms with Crippen LogP contribution in [0.5, 0.6) is 0 Å². The summed E-state index contributed by atoms with van der Waals surface area (Å²) >= 11 is 0. The minimum atomic E-state index is -0.346. The van der Waals surface area contributed by atoms with Crippen LogP contribution in [0, 0.1) is 0 Å². The van der Waals surface area contributed by atoms with Crippen molar-refractivity contribution in [2.75, 3.05) is 26.7 Å². The van der Waals surface area contributed by atoms with Crippen LogP contribution >= 0.6 is 0 Å². The molecule has 1 aliphatic carbocycles. The standard InChI is InChI=1S/C15H30N2O2/c1-5-17(13-9-7-6-8-10-13)14(19)11-16(4)15(2,3)12-18/h13,18H,5-12H2,1-4H3. The van der Waals surface area contributed by atoms with Gasteiger partial charge in [0, 0.05) is 18.1 Å². The van der Waals surface area contributed by atoms with Crippen molar-refractivity contribution in [3.05, 3.63) is 0 Å².